The second-order valence-corrected chi connectivity index (χ2v) is 6.60. The van der Waals surface area contributed by atoms with Gasteiger partial charge in [-0.25, -0.2) is 0 Å². The van der Waals surface area contributed by atoms with Gasteiger partial charge in [-0.15, -0.1) is 0 Å². The van der Waals surface area contributed by atoms with Crippen LogP contribution in [0.25, 0.3) is 0 Å². The van der Waals surface area contributed by atoms with E-state index >= 15 is 0 Å². The lowest BCUT2D eigenvalue weighted by Crippen LogP contribution is -2.38. The summed E-state index contributed by atoms with van der Waals surface area (Å²) in [5, 5.41) is 0. The summed E-state index contributed by atoms with van der Waals surface area (Å²) >= 11 is 0. The molecular weight excluding hydrogens is 374 g/mol. The number of nitrogens with zero attached hydrogens (tertiary/aromatic N) is 1. The Balaban J connectivity index is 2.17. The largest absolute Gasteiger partial charge is 0.497 e. The molecular formula is C22H27NO6. The van der Waals surface area contributed by atoms with Crippen molar-refractivity contribution < 1.29 is 28.5 Å². The average Bonchev–Trinajstić information content (AvgIpc) is 2.73. The number of aryl methyl sites for hydroxylation is 2. The van der Waals surface area contributed by atoms with Gasteiger partial charge in [0, 0.05) is 12.6 Å². The van der Waals surface area contributed by atoms with Gasteiger partial charge in [-0.1, -0.05) is 12.1 Å². The van der Waals surface area contributed by atoms with E-state index in [4.69, 9.17) is 18.9 Å². The monoisotopic (exact) mass is 401 g/mol. The Bertz CT molecular complexity index is 842. The maximum Gasteiger partial charge on any atom is 0.325 e. The van der Waals surface area contributed by atoms with Crippen molar-refractivity contribution in [3.63, 3.8) is 0 Å². The Morgan fingerprint density at radius 2 is 1.59 bits per heavy atom. The van der Waals surface area contributed by atoms with Crippen LogP contribution >= 0.6 is 0 Å². The third-order valence-electron chi connectivity index (χ3n) is 4.38. The fourth-order valence-corrected chi connectivity index (χ4v) is 2.72. The molecule has 0 radical (unpaired) electrons. The van der Waals surface area contributed by atoms with Crippen LogP contribution in [0, 0.1) is 13.8 Å². The zero-order chi connectivity index (χ0) is 21.4. The fourth-order valence-electron chi connectivity index (χ4n) is 2.72. The van der Waals surface area contributed by atoms with E-state index in [2.05, 4.69) is 0 Å². The Hall–Kier alpha value is -3.22. The number of esters is 1. The third-order valence-corrected chi connectivity index (χ3v) is 4.38. The molecule has 29 heavy (non-hydrogen) atoms. The number of hydrogen-bond donors (Lipinski definition) is 0. The average molecular weight is 401 g/mol. The van der Waals surface area contributed by atoms with E-state index in [0.717, 1.165) is 16.7 Å². The second kappa shape index (κ2) is 10.4. The molecule has 156 valence electrons. The van der Waals surface area contributed by atoms with E-state index in [1.54, 1.807) is 32.4 Å². The van der Waals surface area contributed by atoms with Crippen LogP contribution < -0.4 is 14.2 Å². The molecule has 0 bridgehead atoms. The van der Waals surface area contributed by atoms with Crippen LogP contribution in [-0.4, -0.2) is 51.3 Å². The van der Waals surface area contributed by atoms with Crippen molar-refractivity contribution in [2.75, 3.05) is 34.5 Å². The Morgan fingerprint density at radius 3 is 2.17 bits per heavy atom. The van der Waals surface area contributed by atoms with Gasteiger partial charge in [-0.2, -0.15) is 0 Å². The molecule has 2 aromatic carbocycles. The summed E-state index contributed by atoms with van der Waals surface area (Å²) < 4.78 is 21.0. The predicted molar refractivity (Wildman–Crippen MR) is 108 cm³/mol. The number of rotatable bonds is 9. The quantitative estimate of drug-likeness (QED) is 0.602. The summed E-state index contributed by atoms with van der Waals surface area (Å²) in [4.78, 5) is 26.0. The van der Waals surface area contributed by atoms with Gasteiger partial charge < -0.3 is 23.8 Å². The highest BCUT2D eigenvalue weighted by molar-refractivity contribution is 5.83. The third kappa shape index (κ3) is 6.41. The molecule has 0 atom stereocenters. The summed E-state index contributed by atoms with van der Waals surface area (Å²) in [7, 11) is 4.38. The van der Waals surface area contributed by atoms with Crippen LogP contribution in [0.1, 0.15) is 16.7 Å². The number of amides is 1. The molecule has 2 rings (SSSR count). The molecule has 0 saturated carbocycles. The van der Waals surface area contributed by atoms with Crippen molar-refractivity contribution in [2.24, 2.45) is 0 Å². The second-order valence-electron chi connectivity index (χ2n) is 6.60. The molecule has 0 fully saturated rings. The van der Waals surface area contributed by atoms with Crippen LogP contribution in [0.15, 0.2) is 36.4 Å². The number of methoxy groups -OCH3 is 3. The molecule has 7 heteroatoms. The lowest BCUT2D eigenvalue weighted by molar-refractivity contribution is -0.148. The standard InChI is InChI=1S/C22H27NO6/c1-15-6-7-16(2)20(8-15)29-14-21(24)23(13-22(25)28-5)12-17-9-18(26-3)11-19(10-17)27-4/h6-11H,12-14H2,1-5H3. The van der Waals surface area contributed by atoms with Crippen molar-refractivity contribution in [3.8, 4) is 17.2 Å². The maximum absolute atomic E-state index is 12.8. The van der Waals surface area contributed by atoms with Gasteiger partial charge in [0.05, 0.1) is 21.3 Å². The summed E-state index contributed by atoms with van der Waals surface area (Å²) in [6.45, 7) is 3.66. The minimum absolute atomic E-state index is 0.178. The number of hydrogen-bond acceptors (Lipinski definition) is 6. The molecule has 0 spiro atoms. The van der Waals surface area contributed by atoms with Crippen LogP contribution in [0.3, 0.4) is 0 Å². The Kier molecular flexibility index (Phi) is 7.88. The first-order valence-electron chi connectivity index (χ1n) is 9.12. The molecule has 0 heterocycles. The predicted octanol–water partition coefficient (Wildman–Crippen LogP) is 2.90. The van der Waals surface area contributed by atoms with Gasteiger partial charge in [0.2, 0.25) is 0 Å². The zero-order valence-corrected chi connectivity index (χ0v) is 17.5. The highest BCUT2D eigenvalue weighted by Crippen LogP contribution is 2.24. The van der Waals surface area contributed by atoms with Crippen molar-refractivity contribution in [1.82, 2.24) is 4.90 Å². The van der Waals surface area contributed by atoms with Gasteiger partial charge in [0.25, 0.3) is 5.91 Å². The SMILES string of the molecule is COC(=O)CN(Cc1cc(OC)cc(OC)c1)C(=O)COc1cc(C)ccc1C. The van der Waals surface area contributed by atoms with Gasteiger partial charge in [-0.3, -0.25) is 9.59 Å². The van der Waals surface area contributed by atoms with Crippen molar-refractivity contribution >= 4 is 11.9 Å². The lowest BCUT2D eigenvalue weighted by atomic mass is 10.1. The van der Waals surface area contributed by atoms with Gasteiger partial charge in [0.15, 0.2) is 6.61 Å². The fraction of sp³-hybridized carbons (Fsp3) is 0.364. The molecule has 0 aliphatic rings. The van der Waals surface area contributed by atoms with Crippen LogP contribution in [0.4, 0.5) is 0 Å². The van der Waals surface area contributed by atoms with E-state index < -0.39 is 5.97 Å². The van der Waals surface area contributed by atoms with Crippen LogP contribution in [-0.2, 0) is 20.9 Å². The Morgan fingerprint density at radius 1 is 0.931 bits per heavy atom. The summed E-state index contributed by atoms with van der Waals surface area (Å²) in [5.74, 6) is 0.977. The van der Waals surface area contributed by atoms with Crippen molar-refractivity contribution in [1.29, 1.82) is 0 Å². The molecule has 0 N–H and O–H groups in total. The normalized spacial score (nSPS) is 10.2. The lowest BCUT2D eigenvalue weighted by Gasteiger charge is -2.22. The number of carbonyl (C=O) groups excluding carboxylic acids is 2. The Labute approximate surface area is 171 Å². The van der Waals surface area contributed by atoms with Crippen LogP contribution in [0.5, 0.6) is 17.2 Å². The van der Waals surface area contributed by atoms with Crippen molar-refractivity contribution in [2.45, 2.75) is 20.4 Å². The van der Waals surface area contributed by atoms with Gasteiger partial charge in [0.1, 0.15) is 23.8 Å². The van der Waals surface area contributed by atoms with Crippen molar-refractivity contribution in [3.05, 3.63) is 53.1 Å². The smallest absolute Gasteiger partial charge is 0.325 e. The summed E-state index contributed by atoms with van der Waals surface area (Å²) in [6.07, 6.45) is 0. The molecule has 0 saturated heterocycles. The van der Waals surface area contributed by atoms with Crippen LogP contribution in [0.2, 0.25) is 0 Å². The molecule has 0 unspecified atom stereocenters. The van der Waals surface area contributed by atoms with E-state index in [1.165, 1.54) is 12.0 Å². The topological polar surface area (TPSA) is 74.3 Å². The molecule has 1 amide bonds. The number of carbonyl (C=O) groups is 2. The first-order chi connectivity index (χ1) is 13.9. The zero-order valence-electron chi connectivity index (χ0n) is 17.5. The van der Waals surface area contributed by atoms with Gasteiger partial charge in [-0.05, 0) is 48.7 Å². The van der Waals surface area contributed by atoms with E-state index in [-0.39, 0.29) is 25.6 Å². The van der Waals surface area contributed by atoms with E-state index in [9.17, 15) is 9.59 Å². The molecule has 0 aliphatic heterocycles. The molecule has 0 aromatic heterocycles. The first-order valence-corrected chi connectivity index (χ1v) is 9.12. The highest BCUT2D eigenvalue weighted by Gasteiger charge is 2.20. The molecule has 0 aliphatic carbocycles. The highest BCUT2D eigenvalue weighted by atomic mass is 16.5. The van der Waals surface area contributed by atoms with E-state index in [1.807, 2.05) is 32.0 Å². The summed E-state index contributed by atoms with van der Waals surface area (Å²) in [5.41, 5.74) is 2.72. The minimum Gasteiger partial charge on any atom is -0.497 e. The molecule has 7 nitrogen and oxygen atoms in total. The summed E-state index contributed by atoms with van der Waals surface area (Å²) in [6, 6.07) is 11.1. The first kappa shape index (κ1) is 22.1. The maximum atomic E-state index is 12.8. The van der Waals surface area contributed by atoms with E-state index in [0.29, 0.717) is 17.2 Å². The molecule has 2 aromatic rings. The number of ether oxygens (including phenoxy) is 4. The minimum atomic E-state index is -0.514. The number of benzene rings is 2. The van der Waals surface area contributed by atoms with Gasteiger partial charge >= 0.3 is 5.97 Å².